The van der Waals surface area contributed by atoms with E-state index in [1.165, 1.54) is 0 Å². The Morgan fingerprint density at radius 1 is 1.23 bits per heavy atom. The van der Waals surface area contributed by atoms with E-state index in [0.29, 0.717) is 0 Å². The van der Waals surface area contributed by atoms with Crippen LogP contribution in [0.1, 0.15) is 65.0 Å². The summed E-state index contributed by atoms with van der Waals surface area (Å²) < 4.78 is 7.74. The predicted molar refractivity (Wildman–Crippen MR) is 84.7 cm³/mol. The minimum absolute atomic E-state index is 0.0697. The van der Waals surface area contributed by atoms with Gasteiger partial charge in [0, 0.05) is 17.3 Å². The Bertz CT molecular complexity index is 546. The highest BCUT2D eigenvalue weighted by molar-refractivity contribution is 5.69. The third-order valence-electron chi connectivity index (χ3n) is 5.23. The second-order valence-electron chi connectivity index (χ2n) is 8.05. The summed E-state index contributed by atoms with van der Waals surface area (Å²) in [5, 5.41) is 3.16. The summed E-state index contributed by atoms with van der Waals surface area (Å²) in [6.45, 7) is 7.74. The molecular weight excluding hydrogens is 278 g/mol. The number of ether oxygens (including phenoxy) is 1. The van der Waals surface area contributed by atoms with Crippen molar-refractivity contribution < 1.29 is 9.53 Å². The van der Waals surface area contributed by atoms with E-state index in [4.69, 9.17) is 4.74 Å². The molecule has 4 rings (SSSR count). The molecule has 122 valence electrons. The number of alkyl carbamates (subject to hydrolysis) is 1. The van der Waals surface area contributed by atoms with Gasteiger partial charge in [0.2, 0.25) is 0 Å². The molecule has 3 fully saturated rings. The summed E-state index contributed by atoms with van der Waals surface area (Å²) in [4.78, 5) is 16.5. The van der Waals surface area contributed by atoms with Gasteiger partial charge < -0.3 is 14.6 Å². The minimum atomic E-state index is -0.442. The number of aryl methyl sites for hydroxylation is 1. The summed E-state index contributed by atoms with van der Waals surface area (Å²) in [5.41, 5.74) is 0.768. The number of imidazole rings is 1. The van der Waals surface area contributed by atoms with E-state index in [1.807, 2.05) is 34.0 Å². The van der Waals surface area contributed by atoms with Gasteiger partial charge in [0.15, 0.2) is 0 Å². The molecule has 1 aromatic heterocycles. The Kier molecular flexibility index (Phi) is 3.49. The highest BCUT2D eigenvalue weighted by Gasteiger charge is 2.50. The molecule has 0 aliphatic heterocycles. The van der Waals surface area contributed by atoms with Crippen LogP contribution in [0, 0.1) is 6.92 Å². The van der Waals surface area contributed by atoms with Crippen molar-refractivity contribution in [3.8, 4) is 0 Å². The van der Waals surface area contributed by atoms with Crippen molar-refractivity contribution in [3.63, 3.8) is 0 Å². The molecule has 1 heterocycles. The number of carbonyl (C=O) groups is 1. The number of amides is 1. The average molecular weight is 305 g/mol. The maximum atomic E-state index is 12.1. The quantitative estimate of drug-likeness (QED) is 0.909. The zero-order valence-corrected chi connectivity index (χ0v) is 14.1. The van der Waals surface area contributed by atoms with Crippen LogP contribution < -0.4 is 5.32 Å². The standard InChI is InChI=1S/C17H27N3O2/c1-13-11-20(12-18-13)17-8-5-16(6-9-17,7-10-17)19-14(21)22-15(2,3)4/h11-12H,5-10H2,1-4H3,(H,19,21). The molecule has 3 aliphatic rings. The van der Waals surface area contributed by atoms with Gasteiger partial charge >= 0.3 is 6.09 Å². The normalized spacial score (nSPS) is 31.1. The van der Waals surface area contributed by atoms with Crippen molar-refractivity contribution >= 4 is 6.09 Å². The summed E-state index contributed by atoms with van der Waals surface area (Å²) in [6, 6.07) is 0. The smallest absolute Gasteiger partial charge is 0.408 e. The molecule has 3 aliphatic carbocycles. The molecular formula is C17H27N3O2. The van der Waals surface area contributed by atoms with E-state index in [2.05, 4.69) is 21.1 Å². The Hall–Kier alpha value is -1.52. The van der Waals surface area contributed by atoms with E-state index in [-0.39, 0.29) is 17.2 Å². The number of nitrogens with one attached hydrogen (secondary N) is 1. The molecule has 0 spiro atoms. The lowest BCUT2D eigenvalue weighted by Crippen LogP contribution is -2.59. The lowest BCUT2D eigenvalue weighted by Gasteiger charge is -2.54. The van der Waals surface area contributed by atoms with Gasteiger partial charge in [-0.2, -0.15) is 0 Å². The van der Waals surface area contributed by atoms with Crippen LogP contribution in [0.2, 0.25) is 0 Å². The van der Waals surface area contributed by atoms with Crippen LogP contribution in [0.4, 0.5) is 4.79 Å². The largest absolute Gasteiger partial charge is 0.444 e. The fraction of sp³-hybridized carbons (Fsp3) is 0.765. The first kappa shape index (κ1) is 15.4. The number of nitrogens with zero attached hydrogens (tertiary/aromatic N) is 2. The van der Waals surface area contributed by atoms with Gasteiger partial charge in [0.05, 0.1) is 12.0 Å². The maximum Gasteiger partial charge on any atom is 0.408 e. The predicted octanol–water partition coefficient (Wildman–Crippen LogP) is 3.52. The zero-order chi connectivity index (χ0) is 16.0. The first-order valence-corrected chi connectivity index (χ1v) is 8.24. The van der Waals surface area contributed by atoms with Crippen molar-refractivity contribution in [1.82, 2.24) is 14.9 Å². The van der Waals surface area contributed by atoms with Gasteiger partial charge in [-0.05, 0) is 66.2 Å². The van der Waals surface area contributed by atoms with E-state index in [9.17, 15) is 4.79 Å². The van der Waals surface area contributed by atoms with Gasteiger partial charge in [-0.15, -0.1) is 0 Å². The molecule has 1 aromatic rings. The van der Waals surface area contributed by atoms with Gasteiger partial charge in [0.1, 0.15) is 5.60 Å². The van der Waals surface area contributed by atoms with E-state index >= 15 is 0 Å². The summed E-state index contributed by atoms with van der Waals surface area (Å²) in [7, 11) is 0. The zero-order valence-electron chi connectivity index (χ0n) is 14.1. The van der Waals surface area contributed by atoms with Crippen molar-refractivity contribution in [2.45, 2.75) is 82.9 Å². The summed E-state index contributed by atoms with van der Waals surface area (Å²) in [5.74, 6) is 0. The highest BCUT2D eigenvalue weighted by Crippen LogP contribution is 2.51. The van der Waals surface area contributed by atoms with Crippen LogP contribution >= 0.6 is 0 Å². The molecule has 0 saturated heterocycles. The number of aromatic nitrogens is 2. The molecule has 1 amide bonds. The fourth-order valence-corrected chi connectivity index (χ4v) is 3.94. The number of fused-ring (bicyclic) bond motifs is 3. The fourth-order valence-electron chi connectivity index (χ4n) is 3.94. The molecule has 0 unspecified atom stereocenters. The van der Waals surface area contributed by atoms with E-state index < -0.39 is 5.60 Å². The molecule has 22 heavy (non-hydrogen) atoms. The van der Waals surface area contributed by atoms with Crippen LogP contribution in [0.5, 0.6) is 0 Å². The van der Waals surface area contributed by atoms with E-state index in [1.54, 1.807) is 0 Å². The Morgan fingerprint density at radius 3 is 2.27 bits per heavy atom. The van der Waals surface area contributed by atoms with Crippen LogP contribution in [0.15, 0.2) is 12.5 Å². The van der Waals surface area contributed by atoms with Crippen LogP contribution in [0.25, 0.3) is 0 Å². The van der Waals surface area contributed by atoms with Gasteiger partial charge in [-0.25, -0.2) is 9.78 Å². The topological polar surface area (TPSA) is 56.2 Å². The number of rotatable bonds is 2. The van der Waals surface area contributed by atoms with Gasteiger partial charge in [-0.3, -0.25) is 0 Å². The van der Waals surface area contributed by atoms with Crippen molar-refractivity contribution in [2.24, 2.45) is 0 Å². The SMILES string of the molecule is Cc1cn(C23CCC(NC(=O)OC(C)(C)C)(CC2)CC3)cn1. The molecule has 0 aromatic carbocycles. The molecule has 5 nitrogen and oxygen atoms in total. The lowest BCUT2D eigenvalue weighted by molar-refractivity contribution is 0.00938. The van der Waals surface area contributed by atoms with Gasteiger partial charge in [0.25, 0.3) is 0 Å². The van der Waals surface area contributed by atoms with Crippen molar-refractivity contribution in [2.75, 3.05) is 0 Å². The molecule has 2 bridgehead atoms. The number of hydrogen-bond acceptors (Lipinski definition) is 3. The molecule has 5 heteroatoms. The molecule has 0 radical (unpaired) electrons. The monoisotopic (exact) mass is 305 g/mol. The third-order valence-corrected chi connectivity index (χ3v) is 5.23. The van der Waals surface area contributed by atoms with E-state index in [0.717, 1.165) is 44.2 Å². The Labute approximate surface area is 132 Å². The van der Waals surface area contributed by atoms with Gasteiger partial charge in [-0.1, -0.05) is 0 Å². The minimum Gasteiger partial charge on any atom is -0.444 e. The molecule has 0 atom stereocenters. The second kappa shape index (κ2) is 5.00. The highest BCUT2D eigenvalue weighted by atomic mass is 16.6. The first-order valence-electron chi connectivity index (χ1n) is 8.24. The Balaban J connectivity index is 1.66. The van der Waals surface area contributed by atoms with Crippen molar-refractivity contribution in [3.05, 3.63) is 18.2 Å². The maximum absolute atomic E-state index is 12.1. The number of hydrogen-bond donors (Lipinski definition) is 1. The molecule has 3 saturated carbocycles. The lowest BCUT2D eigenvalue weighted by atomic mass is 9.61. The van der Waals surface area contributed by atoms with Crippen LogP contribution in [0.3, 0.4) is 0 Å². The molecule has 1 N–H and O–H groups in total. The van der Waals surface area contributed by atoms with Crippen LogP contribution in [-0.2, 0) is 10.3 Å². The average Bonchev–Trinajstić information content (AvgIpc) is 2.85. The number of carbonyl (C=O) groups excluding carboxylic acids is 1. The second-order valence-corrected chi connectivity index (χ2v) is 8.05. The summed E-state index contributed by atoms with van der Waals surface area (Å²) in [6.07, 6.45) is 10.2. The Morgan fingerprint density at radius 2 is 1.82 bits per heavy atom. The summed E-state index contributed by atoms with van der Waals surface area (Å²) >= 11 is 0. The van der Waals surface area contributed by atoms with Crippen molar-refractivity contribution in [1.29, 1.82) is 0 Å². The first-order chi connectivity index (χ1) is 10.2. The third kappa shape index (κ3) is 2.85. The van der Waals surface area contributed by atoms with Crippen LogP contribution in [-0.4, -0.2) is 26.8 Å².